The Labute approximate surface area is 169 Å². The largest absolute Gasteiger partial charge is 0.464 e. The van der Waals surface area contributed by atoms with Crippen LogP contribution in [0.3, 0.4) is 0 Å². The predicted molar refractivity (Wildman–Crippen MR) is 98.2 cm³/mol. The van der Waals surface area contributed by atoms with Crippen LogP contribution in [0.5, 0.6) is 0 Å². The van der Waals surface area contributed by atoms with Crippen LogP contribution in [0.4, 0.5) is 13.6 Å². The zero-order chi connectivity index (χ0) is 21.8. The molecule has 0 saturated carbocycles. The van der Waals surface area contributed by atoms with Gasteiger partial charge in [0.25, 0.3) is 0 Å². The maximum Gasteiger partial charge on any atom is 0.338 e. The van der Waals surface area contributed by atoms with E-state index >= 15 is 0 Å². The van der Waals surface area contributed by atoms with Gasteiger partial charge in [0.05, 0.1) is 23.4 Å². The highest BCUT2D eigenvalue weighted by atomic mass is 19.2. The number of urea groups is 1. The lowest BCUT2D eigenvalue weighted by Crippen LogP contribution is -2.47. The number of amides is 2. The highest BCUT2D eigenvalue weighted by molar-refractivity contribution is 5.95. The van der Waals surface area contributed by atoms with Crippen molar-refractivity contribution in [2.45, 2.75) is 19.9 Å². The first-order valence-electron chi connectivity index (χ1n) is 8.96. The first-order chi connectivity index (χ1) is 14.3. The molecule has 10 heteroatoms. The summed E-state index contributed by atoms with van der Waals surface area (Å²) in [6, 6.07) is 4.16. The van der Waals surface area contributed by atoms with Gasteiger partial charge >= 0.3 is 18.0 Å². The van der Waals surface area contributed by atoms with E-state index in [2.05, 4.69) is 10.6 Å². The topological polar surface area (TPSA) is 107 Å². The number of esters is 2. The van der Waals surface area contributed by atoms with Gasteiger partial charge in [0, 0.05) is 0 Å². The van der Waals surface area contributed by atoms with Crippen LogP contribution in [0.25, 0.3) is 0 Å². The van der Waals surface area contributed by atoms with Gasteiger partial charge in [-0.25, -0.2) is 23.2 Å². The van der Waals surface area contributed by atoms with E-state index in [1.54, 1.807) is 26.0 Å². The maximum atomic E-state index is 13.4. The van der Waals surface area contributed by atoms with Gasteiger partial charge < -0.3 is 24.5 Å². The Morgan fingerprint density at radius 3 is 2.50 bits per heavy atom. The van der Waals surface area contributed by atoms with Gasteiger partial charge in [-0.2, -0.15) is 0 Å². The molecule has 1 aliphatic rings. The average Bonchev–Trinajstić information content (AvgIpc) is 3.14. The zero-order valence-corrected chi connectivity index (χ0v) is 16.1. The van der Waals surface area contributed by atoms with E-state index in [0.29, 0.717) is 11.8 Å². The van der Waals surface area contributed by atoms with Crippen LogP contribution in [-0.2, 0) is 14.3 Å². The van der Waals surface area contributed by atoms with Crippen molar-refractivity contribution in [1.29, 1.82) is 0 Å². The molecule has 2 N–H and O–H groups in total. The zero-order valence-electron chi connectivity index (χ0n) is 16.1. The predicted octanol–water partition coefficient (Wildman–Crippen LogP) is 2.89. The highest BCUT2D eigenvalue weighted by Gasteiger charge is 2.36. The van der Waals surface area contributed by atoms with Crippen LogP contribution in [0.1, 0.15) is 34.8 Å². The van der Waals surface area contributed by atoms with Crippen LogP contribution >= 0.6 is 0 Å². The molecule has 1 aromatic carbocycles. The summed E-state index contributed by atoms with van der Waals surface area (Å²) in [5.74, 6) is -3.19. The molecule has 0 fully saturated rings. The van der Waals surface area contributed by atoms with Gasteiger partial charge in [-0.1, -0.05) is 0 Å². The maximum absolute atomic E-state index is 13.4. The molecule has 0 saturated heterocycles. The third-order valence-electron chi connectivity index (χ3n) is 4.20. The van der Waals surface area contributed by atoms with E-state index in [1.165, 1.54) is 0 Å². The molecule has 0 aliphatic carbocycles. The lowest BCUT2D eigenvalue weighted by Gasteiger charge is -2.27. The minimum atomic E-state index is -1.21. The summed E-state index contributed by atoms with van der Waals surface area (Å²) in [6.45, 7) is 2.87. The third kappa shape index (κ3) is 4.48. The molecule has 30 heavy (non-hydrogen) atoms. The number of hydrogen-bond donors (Lipinski definition) is 2. The summed E-state index contributed by atoms with van der Waals surface area (Å²) < 4.78 is 42.1. The second-order valence-electron chi connectivity index (χ2n) is 6.30. The SMILES string of the molecule is CCOC(=O)C1=C(COC(=O)c2ccc(F)c(F)c2)NC(=O)NC1c1ccc(C)o1. The molecule has 2 heterocycles. The number of nitrogens with one attached hydrogen (secondary N) is 2. The van der Waals surface area contributed by atoms with Crippen LogP contribution < -0.4 is 10.6 Å². The molecule has 0 bridgehead atoms. The summed E-state index contributed by atoms with van der Waals surface area (Å²) in [5, 5.41) is 4.98. The van der Waals surface area contributed by atoms with Crippen molar-refractivity contribution < 1.29 is 37.1 Å². The van der Waals surface area contributed by atoms with Crippen molar-refractivity contribution >= 4 is 18.0 Å². The second-order valence-corrected chi connectivity index (χ2v) is 6.30. The molecular weight excluding hydrogens is 402 g/mol. The number of furan rings is 1. The number of halogens is 2. The molecule has 1 aromatic heterocycles. The van der Waals surface area contributed by atoms with Crippen LogP contribution in [0, 0.1) is 18.6 Å². The molecule has 2 aromatic rings. The van der Waals surface area contributed by atoms with E-state index in [1.807, 2.05) is 0 Å². The van der Waals surface area contributed by atoms with Crippen molar-refractivity contribution in [1.82, 2.24) is 10.6 Å². The molecule has 2 amide bonds. The van der Waals surface area contributed by atoms with Gasteiger partial charge in [-0.3, -0.25) is 0 Å². The van der Waals surface area contributed by atoms with Crippen LogP contribution in [0.15, 0.2) is 46.0 Å². The molecule has 1 aliphatic heterocycles. The molecule has 0 radical (unpaired) electrons. The Morgan fingerprint density at radius 1 is 1.10 bits per heavy atom. The number of ether oxygens (including phenoxy) is 2. The van der Waals surface area contributed by atoms with Gasteiger partial charge in [0.1, 0.15) is 24.2 Å². The quantitative estimate of drug-likeness (QED) is 0.696. The molecule has 158 valence electrons. The summed E-state index contributed by atoms with van der Waals surface area (Å²) in [6.07, 6.45) is 0. The van der Waals surface area contributed by atoms with Gasteiger partial charge in [0.2, 0.25) is 0 Å². The molecule has 1 unspecified atom stereocenters. The van der Waals surface area contributed by atoms with Gasteiger partial charge in [0.15, 0.2) is 11.6 Å². The molecule has 1 atom stereocenters. The van der Waals surface area contributed by atoms with Crippen molar-refractivity contribution in [2.24, 2.45) is 0 Å². The number of benzene rings is 1. The molecular formula is C20H18F2N2O6. The van der Waals surface area contributed by atoms with E-state index in [0.717, 1.165) is 12.1 Å². The normalized spacial score (nSPS) is 16.0. The van der Waals surface area contributed by atoms with E-state index < -0.39 is 42.3 Å². The number of rotatable bonds is 6. The van der Waals surface area contributed by atoms with Crippen molar-refractivity contribution in [2.75, 3.05) is 13.2 Å². The van der Waals surface area contributed by atoms with E-state index in [4.69, 9.17) is 13.9 Å². The van der Waals surface area contributed by atoms with E-state index in [9.17, 15) is 23.2 Å². The minimum Gasteiger partial charge on any atom is -0.464 e. The molecule has 3 rings (SSSR count). The lowest BCUT2D eigenvalue weighted by atomic mass is 10.0. The fraction of sp³-hybridized carbons (Fsp3) is 0.250. The van der Waals surface area contributed by atoms with Crippen LogP contribution in [0.2, 0.25) is 0 Å². The molecule has 0 spiro atoms. The molecule has 8 nitrogen and oxygen atoms in total. The van der Waals surface area contributed by atoms with Crippen molar-refractivity contribution in [3.05, 3.63) is 70.3 Å². The van der Waals surface area contributed by atoms with Crippen LogP contribution in [-0.4, -0.2) is 31.2 Å². The van der Waals surface area contributed by atoms with E-state index in [-0.39, 0.29) is 29.2 Å². The smallest absolute Gasteiger partial charge is 0.338 e. The first-order valence-corrected chi connectivity index (χ1v) is 8.96. The lowest BCUT2D eigenvalue weighted by molar-refractivity contribution is -0.139. The summed E-state index contributed by atoms with van der Waals surface area (Å²) in [4.78, 5) is 36.9. The number of aryl methyl sites for hydroxylation is 1. The summed E-state index contributed by atoms with van der Waals surface area (Å²) in [7, 11) is 0. The highest BCUT2D eigenvalue weighted by Crippen LogP contribution is 2.29. The Morgan fingerprint density at radius 2 is 1.87 bits per heavy atom. The van der Waals surface area contributed by atoms with Gasteiger partial charge in [-0.15, -0.1) is 0 Å². The Hall–Kier alpha value is -3.69. The number of carbonyl (C=O) groups excluding carboxylic acids is 3. The minimum absolute atomic E-state index is 0.0103. The summed E-state index contributed by atoms with van der Waals surface area (Å²) in [5.41, 5.74) is -0.262. The number of hydrogen-bond acceptors (Lipinski definition) is 6. The Bertz CT molecular complexity index is 1030. The Balaban J connectivity index is 1.90. The standard InChI is InChI=1S/C20H18F2N2O6/c1-3-28-19(26)16-14(9-29-18(25)11-5-6-12(21)13(22)8-11)23-20(27)24-17(16)15-7-4-10(2)30-15/h4-8,17H,3,9H2,1-2H3,(H2,23,24,27). The first kappa shape index (κ1) is 21.0. The fourth-order valence-corrected chi connectivity index (χ4v) is 2.85. The monoisotopic (exact) mass is 420 g/mol. The summed E-state index contributed by atoms with van der Waals surface area (Å²) >= 11 is 0. The Kier molecular flexibility index (Phi) is 6.14. The number of carbonyl (C=O) groups is 3. The van der Waals surface area contributed by atoms with Crippen molar-refractivity contribution in [3.63, 3.8) is 0 Å². The fourth-order valence-electron chi connectivity index (χ4n) is 2.85. The second kappa shape index (κ2) is 8.76. The van der Waals surface area contributed by atoms with Crippen molar-refractivity contribution in [3.8, 4) is 0 Å². The van der Waals surface area contributed by atoms with Gasteiger partial charge in [-0.05, 0) is 44.2 Å². The third-order valence-corrected chi connectivity index (χ3v) is 4.20. The average molecular weight is 420 g/mol.